The average Bonchev–Trinajstić information content (AvgIpc) is 3.52. The van der Waals surface area contributed by atoms with Crippen molar-refractivity contribution in [1.29, 1.82) is 0 Å². The summed E-state index contributed by atoms with van der Waals surface area (Å²) >= 11 is 0. The normalized spacial score (nSPS) is 13.7. The molecule has 296 valence electrons. The van der Waals surface area contributed by atoms with Crippen molar-refractivity contribution in [2.24, 2.45) is 11.7 Å². The van der Waals surface area contributed by atoms with Crippen molar-refractivity contribution < 1.29 is 48.6 Å². The van der Waals surface area contributed by atoms with Crippen LogP contribution in [0, 0.1) is 5.92 Å². The molecular formula is C37H48N8O10. The number of phenolic OH excluding ortho intramolecular Hbond substituents is 1. The predicted octanol–water partition coefficient (Wildman–Crippen LogP) is -0.755. The number of phenols is 1. The van der Waals surface area contributed by atoms with Crippen LogP contribution in [0.4, 0.5) is 0 Å². The molecule has 0 saturated heterocycles. The second kappa shape index (κ2) is 20.1. The van der Waals surface area contributed by atoms with Crippen molar-refractivity contribution in [2.45, 2.75) is 83.6 Å². The van der Waals surface area contributed by atoms with E-state index in [1.165, 1.54) is 26.0 Å². The highest BCUT2D eigenvalue weighted by molar-refractivity contribution is 5.97. The standard InChI is InChI=1S/C37H48N8O10/c1-19(2)13-28(36(54)43-27(33(38)51)16-32(49)50)45-37(55)30(15-23-17-39-26-8-6-5-7-25(23)26)42-31(48)18-40-35(53)29(14-22-9-11-24(47)12-10-22)44-34(52)20(3)41-21(4)46/h5-12,17,19-20,27-30,39,47H,13-16,18H2,1-4H3,(H2,38,51)(H,40,53)(H,41,46)(H,42,48)(H,43,54)(H,44,52)(H,45,55)(H,49,50)/t20-,27-,28-,29-,30-/m0/s1. The third kappa shape index (κ3) is 13.8. The minimum absolute atomic E-state index is 0.0137. The number of hydrogen-bond donors (Lipinski definition) is 10. The van der Waals surface area contributed by atoms with Gasteiger partial charge in [-0.2, -0.15) is 0 Å². The van der Waals surface area contributed by atoms with Gasteiger partial charge < -0.3 is 52.8 Å². The van der Waals surface area contributed by atoms with E-state index in [9.17, 15) is 43.5 Å². The summed E-state index contributed by atoms with van der Waals surface area (Å²) in [5.74, 6) is -6.96. The van der Waals surface area contributed by atoms with Crippen LogP contribution < -0.4 is 37.6 Å². The topological polar surface area (TPSA) is 291 Å². The van der Waals surface area contributed by atoms with Crippen LogP contribution in [0.1, 0.15) is 51.7 Å². The van der Waals surface area contributed by atoms with Crippen LogP contribution in [0.2, 0.25) is 0 Å². The highest BCUT2D eigenvalue weighted by Gasteiger charge is 2.31. The average molecular weight is 765 g/mol. The van der Waals surface area contributed by atoms with Gasteiger partial charge in [0.1, 0.15) is 36.0 Å². The number of aromatic hydroxyl groups is 1. The molecule has 0 fully saturated rings. The van der Waals surface area contributed by atoms with Gasteiger partial charge in [0.2, 0.25) is 41.4 Å². The van der Waals surface area contributed by atoms with Crippen LogP contribution >= 0.6 is 0 Å². The van der Waals surface area contributed by atoms with E-state index < -0.39 is 90.5 Å². The zero-order valence-corrected chi connectivity index (χ0v) is 30.9. The molecule has 0 aliphatic carbocycles. The Morgan fingerprint density at radius 2 is 1.33 bits per heavy atom. The number of benzene rings is 2. The van der Waals surface area contributed by atoms with Crippen molar-refractivity contribution in [2.75, 3.05) is 6.54 Å². The zero-order chi connectivity index (χ0) is 40.8. The number of nitrogens with one attached hydrogen (secondary N) is 7. The number of nitrogens with two attached hydrogens (primary N) is 1. The number of carboxylic acids is 1. The van der Waals surface area contributed by atoms with Crippen LogP contribution in [-0.4, -0.2) is 99.3 Å². The molecule has 5 atom stereocenters. The van der Waals surface area contributed by atoms with Gasteiger partial charge in [-0.1, -0.05) is 44.2 Å². The first-order valence-corrected chi connectivity index (χ1v) is 17.5. The first-order chi connectivity index (χ1) is 25.9. The summed E-state index contributed by atoms with van der Waals surface area (Å²) in [7, 11) is 0. The molecule has 55 heavy (non-hydrogen) atoms. The molecule has 0 unspecified atom stereocenters. The highest BCUT2D eigenvalue weighted by Crippen LogP contribution is 2.19. The maximum Gasteiger partial charge on any atom is 0.305 e. The van der Waals surface area contributed by atoms with Gasteiger partial charge in [0, 0.05) is 36.9 Å². The molecule has 3 aromatic rings. The Morgan fingerprint density at radius 3 is 1.95 bits per heavy atom. The number of carboxylic acid groups (broad SMARTS) is 1. The molecule has 0 radical (unpaired) electrons. The van der Waals surface area contributed by atoms with Crippen LogP contribution in [0.15, 0.2) is 54.7 Å². The highest BCUT2D eigenvalue weighted by atomic mass is 16.4. The number of aromatic amines is 1. The summed E-state index contributed by atoms with van der Waals surface area (Å²) in [6.45, 7) is 5.59. The number of para-hydroxylation sites is 1. The smallest absolute Gasteiger partial charge is 0.305 e. The Bertz CT molecular complexity index is 1880. The van der Waals surface area contributed by atoms with Crippen molar-refractivity contribution in [3.05, 3.63) is 65.9 Å². The summed E-state index contributed by atoms with van der Waals surface area (Å²) in [6, 6.07) is 6.84. The lowest BCUT2D eigenvalue weighted by molar-refractivity contribution is -0.140. The number of amides is 7. The number of aromatic nitrogens is 1. The largest absolute Gasteiger partial charge is 0.508 e. The van der Waals surface area contributed by atoms with Gasteiger partial charge >= 0.3 is 5.97 Å². The van der Waals surface area contributed by atoms with Gasteiger partial charge in [0.15, 0.2) is 0 Å². The van der Waals surface area contributed by atoms with E-state index in [1.54, 1.807) is 38.2 Å². The molecule has 18 nitrogen and oxygen atoms in total. The number of aliphatic carboxylic acids is 1. The molecule has 7 amide bonds. The van der Waals surface area contributed by atoms with E-state index in [0.29, 0.717) is 11.1 Å². The number of fused-ring (bicyclic) bond motifs is 1. The van der Waals surface area contributed by atoms with Gasteiger partial charge in [0.05, 0.1) is 13.0 Å². The van der Waals surface area contributed by atoms with E-state index in [1.807, 2.05) is 18.2 Å². The number of hydrogen-bond acceptors (Lipinski definition) is 9. The van der Waals surface area contributed by atoms with Crippen molar-refractivity contribution in [3.8, 4) is 5.75 Å². The lowest BCUT2D eigenvalue weighted by Gasteiger charge is -2.26. The molecule has 18 heteroatoms. The maximum absolute atomic E-state index is 13.9. The Labute approximate surface area is 316 Å². The van der Waals surface area contributed by atoms with Crippen LogP contribution in [0.5, 0.6) is 5.75 Å². The molecule has 0 aliphatic rings. The zero-order valence-electron chi connectivity index (χ0n) is 30.9. The molecule has 3 rings (SSSR count). The van der Waals surface area contributed by atoms with E-state index in [2.05, 4.69) is 36.9 Å². The second-order valence-corrected chi connectivity index (χ2v) is 13.5. The molecule has 1 aromatic heterocycles. The third-order valence-electron chi connectivity index (χ3n) is 8.37. The third-order valence-corrected chi connectivity index (χ3v) is 8.37. The van der Waals surface area contributed by atoms with E-state index in [-0.39, 0.29) is 30.9 Å². The number of H-pyrrole nitrogens is 1. The van der Waals surface area contributed by atoms with E-state index in [0.717, 1.165) is 10.9 Å². The number of carbonyl (C=O) groups excluding carboxylic acids is 7. The Hall–Kier alpha value is -6.46. The molecular weight excluding hydrogens is 716 g/mol. The molecule has 0 spiro atoms. The minimum atomic E-state index is -1.54. The minimum Gasteiger partial charge on any atom is -0.508 e. The SMILES string of the molecule is CC(=O)N[C@@H](C)C(=O)N[C@@H](Cc1ccc(O)cc1)C(=O)NCC(=O)N[C@@H](Cc1c[nH]c2ccccc12)C(=O)N[C@@H](CC(C)C)C(=O)N[C@@H](CC(=O)O)C(N)=O. The predicted molar refractivity (Wildman–Crippen MR) is 199 cm³/mol. The summed E-state index contributed by atoms with van der Waals surface area (Å²) in [5.41, 5.74) is 7.27. The maximum atomic E-state index is 13.9. The first-order valence-electron chi connectivity index (χ1n) is 17.5. The molecule has 11 N–H and O–H groups in total. The summed E-state index contributed by atoms with van der Waals surface area (Å²) < 4.78 is 0. The molecule has 0 saturated carbocycles. The molecule has 0 bridgehead atoms. The van der Waals surface area contributed by atoms with Gasteiger partial charge in [-0.25, -0.2) is 0 Å². The fourth-order valence-corrected chi connectivity index (χ4v) is 5.65. The monoisotopic (exact) mass is 764 g/mol. The van der Waals surface area contributed by atoms with Gasteiger partial charge in [0.25, 0.3) is 0 Å². The quantitative estimate of drug-likeness (QED) is 0.0687. The van der Waals surface area contributed by atoms with Gasteiger partial charge in [-0.05, 0) is 48.6 Å². The Balaban J connectivity index is 1.82. The Morgan fingerprint density at radius 1 is 0.727 bits per heavy atom. The lowest BCUT2D eigenvalue weighted by atomic mass is 10.00. The van der Waals surface area contributed by atoms with Gasteiger partial charge in [-0.15, -0.1) is 0 Å². The van der Waals surface area contributed by atoms with E-state index >= 15 is 0 Å². The number of rotatable bonds is 20. The molecule has 2 aromatic carbocycles. The van der Waals surface area contributed by atoms with Crippen molar-refractivity contribution in [3.63, 3.8) is 0 Å². The van der Waals surface area contributed by atoms with Crippen LogP contribution in [-0.2, 0) is 51.2 Å². The summed E-state index contributed by atoms with van der Waals surface area (Å²) in [4.78, 5) is 104. The number of carbonyl (C=O) groups is 8. The number of primary amides is 1. The first kappa shape index (κ1) is 42.9. The summed E-state index contributed by atoms with van der Waals surface area (Å²) in [6.07, 6.45) is 0.866. The fraction of sp³-hybridized carbons (Fsp3) is 0.405. The summed E-state index contributed by atoms with van der Waals surface area (Å²) in [5, 5.41) is 34.6. The van der Waals surface area contributed by atoms with Crippen molar-refractivity contribution >= 4 is 58.2 Å². The van der Waals surface area contributed by atoms with Crippen molar-refractivity contribution in [1.82, 2.24) is 36.9 Å². The van der Waals surface area contributed by atoms with E-state index in [4.69, 9.17) is 10.8 Å². The van der Waals surface area contributed by atoms with Gasteiger partial charge in [-0.3, -0.25) is 38.4 Å². The lowest BCUT2D eigenvalue weighted by Crippen LogP contribution is -2.58. The molecule has 0 aliphatic heterocycles. The van der Waals surface area contributed by atoms with Crippen LogP contribution in [0.25, 0.3) is 10.9 Å². The fourth-order valence-electron chi connectivity index (χ4n) is 5.65. The molecule has 1 heterocycles. The van der Waals surface area contributed by atoms with Crippen LogP contribution in [0.3, 0.4) is 0 Å². The Kier molecular flexibility index (Phi) is 15.7. The second-order valence-electron chi connectivity index (χ2n) is 13.5.